The SMILES string of the molecule is Cc1ccccc1N1C(=O)c2ccccc2[C@@H]1Nc1ccc(Br)cn1. The van der Waals surface area contributed by atoms with E-state index in [4.69, 9.17) is 0 Å². The van der Waals surface area contributed by atoms with Crippen molar-refractivity contribution in [2.75, 3.05) is 10.2 Å². The molecule has 1 atom stereocenters. The molecule has 0 unspecified atom stereocenters. The van der Waals surface area contributed by atoms with Crippen molar-refractivity contribution in [1.82, 2.24) is 4.98 Å². The lowest BCUT2D eigenvalue weighted by molar-refractivity contribution is 0.0993. The van der Waals surface area contributed by atoms with Crippen molar-refractivity contribution in [3.8, 4) is 0 Å². The van der Waals surface area contributed by atoms with Crippen LogP contribution in [0.15, 0.2) is 71.3 Å². The number of hydrogen-bond donors (Lipinski definition) is 1. The smallest absolute Gasteiger partial charge is 0.260 e. The predicted octanol–water partition coefficient (Wildman–Crippen LogP) is 4.92. The fraction of sp³-hybridized carbons (Fsp3) is 0.100. The van der Waals surface area contributed by atoms with Crippen LogP contribution in [-0.4, -0.2) is 10.9 Å². The summed E-state index contributed by atoms with van der Waals surface area (Å²) in [6.07, 6.45) is 1.45. The molecule has 3 aromatic rings. The molecule has 1 N–H and O–H groups in total. The summed E-state index contributed by atoms with van der Waals surface area (Å²) in [5.41, 5.74) is 3.64. The van der Waals surface area contributed by atoms with Crippen molar-refractivity contribution >= 4 is 33.3 Å². The first-order valence-corrected chi connectivity index (χ1v) is 8.80. The normalized spacial score (nSPS) is 16.0. The van der Waals surface area contributed by atoms with Crippen LogP contribution in [0.2, 0.25) is 0 Å². The Hall–Kier alpha value is -2.66. The zero-order valence-corrected chi connectivity index (χ0v) is 15.2. The number of halogens is 1. The van der Waals surface area contributed by atoms with E-state index < -0.39 is 0 Å². The average molecular weight is 394 g/mol. The minimum absolute atomic E-state index is 0.000452. The number of benzene rings is 2. The first kappa shape index (κ1) is 15.8. The van der Waals surface area contributed by atoms with Crippen LogP contribution in [-0.2, 0) is 0 Å². The van der Waals surface area contributed by atoms with Gasteiger partial charge in [0.15, 0.2) is 0 Å². The molecular formula is C20H16BrN3O. The Bertz CT molecular complexity index is 940. The topological polar surface area (TPSA) is 45.2 Å². The van der Waals surface area contributed by atoms with Crippen LogP contribution < -0.4 is 10.2 Å². The summed E-state index contributed by atoms with van der Waals surface area (Å²) < 4.78 is 0.914. The minimum Gasteiger partial charge on any atom is -0.346 e. The second-order valence-corrected chi connectivity index (χ2v) is 6.87. The largest absolute Gasteiger partial charge is 0.346 e. The fourth-order valence-electron chi connectivity index (χ4n) is 3.14. The molecule has 1 aliphatic heterocycles. The monoisotopic (exact) mass is 393 g/mol. The van der Waals surface area contributed by atoms with Crippen molar-refractivity contribution < 1.29 is 4.79 Å². The average Bonchev–Trinajstić information content (AvgIpc) is 2.90. The number of carbonyl (C=O) groups excluding carboxylic acids is 1. The summed E-state index contributed by atoms with van der Waals surface area (Å²) in [5.74, 6) is 0.718. The van der Waals surface area contributed by atoms with Crippen LogP contribution in [0.5, 0.6) is 0 Å². The lowest BCUT2D eigenvalue weighted by atomic mass is 10.1. The highest BCUT2D eigenvalue weighted by atomic mass is 79.9. The number of carbonyl (C=O) groups is 1. The molecule has 0 bridgehead atoms. The number of para-hydroxylation sites is 1. The van der Waals surface area contributed by atoms with E-state index in [1.54, 1.807) is 6.20 Å². The third-order valence-corrected chi connectivity index (χ3v) is 4.82. The maximum atomic E-state index is 13.1. The van der Waals surface area contributed by atoms with E-state index >= 15 is 0 Å². The number of amides is 1. The summed E-state index contributed by atoms with van der Waals surface area (Å²) in [7, 11) is 0. The highest BCUT2D eigenvalue weighted by Crippen LogP contribution is 2.38. The van der Waals surface area contributed by atoms with Crippen LogP contribution in [0.1, 0.15) is 27.7 Å². The van der Waals surface area contributed by atoms with E-state index in [0.29, 0.717) is 0 Å². The summed E-state index contributed by atoms with van der Waals surface area (Å²) in [4.78, 5) is 19.3. The minimum atomic E-state index is -0.293. The molecule has 0 radical (unpaired) electrons. The molecule has 4 nitrogen and oxygen atoms in total. The van der Waals surface area contributed by atoms with Gasteiger partial charge in [0.1, 0.15) is 12.0 Å². The van der Waals surface area contributed by atoms with Gasteiger partial charge in [0.05, 0.1) is 0 Å². The van der Waals surface area contributed by atoms with Crippen molar-refractivity contribution in [2.45, 2.75) is 13.1 Å². The lowest BCUT2D eigenvalue weighted by Crippen LogP contribution is -2.33. The number of anilines is 2. The first-order chi connectivity index (χ1) is 12.1. The molecule has 1 aliphatic rings. The highest BCUT2D eigenvalue weighted by molar-refractivity contribution is 9.10. The Kier molecular flexibility index (Phi) is 4.01. The molecule has 2 aromatic carbocycles. The van der Waals surface area contributed by atoms with Gasteiger partial charge in [0.2, 0.25) is 0 Å². The number of fused-ring (bicyclic) bond motifs is 1. The number of aromatic nitrogens is 1. The maximum Gasteiger partial charge on any atom is 0.260 e. The molecule has 0 saturated carbocycles. The van der Waals surface area contributed by atoms with Gasteiger partial charge >= 0.3 is 0 Å². The summed E-state index contributed by atoms with van der Waals surface area (Å²) in [6, 6.07) is 19.5. The highest BCUT2D eigenvalue weighted by Gasteiger charge is 2.38. The number of nitrogens with one attached hydrogen (secondary N) is 1. The zero-order valence-electron chi connectivity index (χ0n) is 13.6. The van der Waals surface area contributed by atoms with Gasteiger partial charge in [0, 0.05) is 27.5 Å². The van der Waals surface area contributed by atoms with Crippen molar-refractivity contribution in [1.29, 1.82) is 0 Å². The Morgan fingerprint density at radius 3 is 2.56 bits per heavy atom. The number of nitrogens with zero attached hydrogens (tertiary/aromatic N) is 2. The molecular weight excluding hydrogens is 378 g/mol. The van der Waals surface area contributed by atoms with Gasteiger partial charge in [0.25, 0.3) is 5.91 Å². The molecule has 2 heterocycles. The second-order valence-electron chi connectivity index (χ2n) is 5.96. The van der Waals surface area contributed by atoms with Crippen molar-refractivity contribution in [3.63, 3.8) is 0 Å². The van der Waals surface area contributed by atoms with Crippen LogP contribution in [0, 0.1) is 6.92 Å². The Morgan fingerprint density at radius 1 is 1.04 bits per heavy atom. The predicted molar refractivity (Wildman–Crippen MR) is 103 cm³/mol. The fourth-order valence-corrected chi connectivity index (χ4v) is 3.38. The standard InChI is InChI=1S/C20H16BrN3O/c1-13-6-2-5-9-17(13)24-19(23-18-11-10-14(21)12-22-18)15-7-3-4-8-16(15)20(24)25/h2-12,19H,1H3,(H,22,23)/t19-/m1/s1. The number of pyridine rings is 1. The zero-order chi connectivity index (χ0) is 17.4. The molecule has 25 heavy (non-hydrogen) atoms. The second kappa shape index (κ2) is 6.33. The molecule has 0 saturated heterocycles. The van der Waals surface area contributed by atoms with Gasteiger partial charge in [-0.05, 0) is 52.7 Å². The molecule has 5 heteroatoms. The van der Waals surface area contributed by atoms with Crippen LogP contribution in [0.4, 0.5) is 11.5 Å². The number of rotatable bonds is 3. The molecule has 1 aromatic heterocycles. The van der Waals surface area contributed by atoms with E-state index in [1.165, 1.54) is 0 Å². The van der Waals surface area contributed by atoms with Gasteiger partial charge in [-0.15, -0.1) is 0 Å². The molecule has 124 valence electrons. The maximum absolute atomic E-state index is 13.1. The molecule has 0 fully saturated rings. The van der Waals surface area contributed by atoms with Crippen molar-refractivity contribution in [2.24, 2.45) is 0 Å². The van der Waals surface area contributed by atoms with E-state index in [2.05, 4.69) is 26.2 Å². The quantitative estimate of drug-likeness (QED) is 0.686. The van der Waals surface area contributed by atoms with Crippen LogP contribution >= 0.6 is 15.9 Å². The lowest BCUT2D eigenvalue weighted by Gasteiger charge is -2.28. The summed E-state index contributed by atoms with van der Waals surface area (Å²) in [6.45, 7) is 2.01. The molecule has 0 spiro atoms. The van der Waals surface area contributed by atoms with Gasteiger partial charge in [-0.3, -0.25) is 9.69 Å². The molecule has 1 amide bonds. The summed E-state index contributed by atoms with van der Waals surface area (Å²) >= 11 is 3.40. The van der Waals surface area contributed by atoms with E-state index in [9.17, 15) is 4.79 Å². The van der Waals surface area contributed by atoms with Gasteiger partial charge in [-0.25, -0.2) is 4.98 Å². The number of aryl methyl sites for hydroxylation is 1. The van der Waals surface area contributed by atoms with Gasteiger partial charge in [-0.1, -0.05) is 36.4 Å². The van der Waals surface area contributed by atoms with Gasteiger partial charge in [-0.2, -0.15) is 0 Å². The Morgan fingerprint density at radius 2 is 1.80 bits per heavy atom. The third kappa shape index (κ3) is 2.81. The summed E-state index contributed by atoms with van der Waals surface area (Å²) in [5, 5.41) is 3.40. The van der Waals surface area contributed by atoms with Crippen LogP contribution in [0.3, 0.4) is 0 Å². The molecule has 4 rings (SSSR count). The van der Waals surface area contributed by atoms with E-state index in [-0.39, 0.29) is 12.1 Å². The Balaban J connectivity index is 1.80. The molecule has 0 aliphatic carbocycles. The Labute approximate surface area is 154 Å². The van der Waals surface area contributed by atoms with Gasteiger partial charge < -0.3 is 5.32 Å². The van der Waals surface area contributed by atoms with E-state index in [1.807, 2.05) is 72.5 Å². The number of hydrogen-bond acceptors (Lipinski definition) is 3. The van der Waals surface area contributed by atoms with E-state index in [0.717, 1.165) is 32.7 Å². The first-order valence-electron chi connectivity index (χ1n) is 8.01. The van der Waals surface area contributed by atoms with Crippen LogP contribution in [0.25, 0.3) is 0 Å². The van der Waals surface area contributed by atoms with Crippen molar-refractivity contribution in [3.05, 3.63) is 88.0 Å². The third-order valence-electron chi connectivity index (χ3n) is 4.35.